The molecule has 1 fully saturated rings. The lowest BCUT2D eigenvalue weighted by Crippen LogP contribution is -2.36. The zero-order valence-corrected chi connectivity index (χ0v) is 20.0. The predicted molar refractivity (Wildman–Crippen MR) is 131 cm³/mol. The monoisotopic (exact) mass is 500 g/mol. The molecule has 0 amide bonds. The van der Waals surface area contributed by atoms with Crippen LogP contribution in [0.4, 0.5) is 18.3 Å². The summed E-state index contributed by atoms with van der Waals surface area (Å²) in [4.78, 5) is 24.3. The van der Waals surface area contributed by atoms with Gasteiger partial charge in [0.05, 0.1) is 24.5 Å². The molecule has 0 N–H and O–H groups in total. The highest BCUT2D eigenvalue weighted by Crippen LogP contribution is 2.37. The third kappa shape index (κ3) is 4.32. The van der Waals surface area contributed by atoms with Crippen LogP contribution in [0, 0.1) is 6.92 Å². The molecule has 1 saturated heterocycles. The molecule has 0 aliphatic carbocycles. The van der Waals surface area contributed by atoms with Crippen LogP contribution in [-0.4, -0.2) is 40.8 Å². The van der Waals surface area contributed by atoms with E-state index in [2.05, 4.69) is 4.98 Å². The summed E-state index contributed by atoms with van der Waals surface area (Å²) in [7, 11) is 0. The van der Waals surface area contributed by atoms with Crippen molar-refractivity contribution in [1.82, 2.24) is 14.5 Å². The second-order valence-corrected chi connectivity index (χ2v) is 9.30. The van der Waals surface area contributed by atoms with Gasteiger partial charge in [0.2, 0.25) is 0 Å². The molecule has 1 aliphatic rings. The molecule has 0 bridgehead atoms. The van der Waals surface area contributed by atoms with Crippen molar-refractivity contribution in [1.29, 1.82) is 0 Å². The Bertz CT molecular complexity index is 1460. The first-order chi connectivity index (χ1) is 16.8. The van der Waals surface area contributed by atoms with Gasteiger partial charge in [0.25, 0.3) is 5.56 Å². The van der Waals surface area contributed by atoms with Crippen molar-refractivity contribution in [3.8, 4) is 17.1 Å². The number of hydrogen-bond acceptors (Lipinski definition) is 6. The molecule has 5 rings (SSSR count). The number of thiazole rings is 1. The highest BCUT2D eigenvalue weighted by Gasteiger charge is 2.34. The van der Waals surface area contributed by atoms with Gasteiger partial charge in [-0.25, -0.2) is 4.98 Å². The van der Waals surface area contributed by atoms with Gasteiger partial charge in [-0.3, -0.25) is 9.36 Å². The number of rotatable bonds is 4. The normalized spacial score (nSPS) is 14.6. The second kappa shape index (κ2) is 9.09. The van der Waals surface area contributed by atoms with Crippen molar-refractivity contribution < 1.29 is 17.9 Å². The van der Waals surface area contributed by atoms with Crippen LogP contribution in [0.15, 0.2) is 47.3 Å². The maximum absolute atomic E-state index is 13.8. The second-order valence-electron chi connectivity index (χ2n) is 8.33. The number of ether oxygens (including phenoxy) is 1. The number of aryl methyl sites for hydroxylation is 1. The molecule has 0 atom stereocenters. The van der Waals surface area contributed by atoms with Crippen LogP contribution < -0.4 is 10.5 Å². The topological polar surface area (TPSA) is 60.3 Å². The smallest absolute Gasteiger partial charge is 0.378 e. The van der Waals surface area contributed by atoms with Crippen molar-refractivity contribution in [3.05, 3.63) is 69.5 Å². The number of benzene rings is 2. The molecule has 1 aliphatic heterocycles. The fourth-order valence-electron chi connectivity index (χ4n) is 4.30. The van der Waals surface area contributed by atoms with Crippen molar-refractivity contribution in [2.45, 2.75) is 26.4 Å². The quantitative estimate of drug-likeness (QED) is 0.384. The average Bonchev–Trinajstić information content (AvgIpc) is 3.30. The number of hydrogen-bond donors (Lipinski definition) is 0. The molecule has 35 heavy (non-hydrogen) atoms. The van der Waals surface area contributed by atoms with Crippen molar-refractivity contribution >= 4 is 26.8 Å². The maximum atomic E-state index is 13.8. The van der Waals surface area contributed by atoms with Crippen LogP contribution in [0.5, 0.6) is 0 Å². The SMILES string of the molecule is CCc1cccc(-c2nc(=O)c3sc(N4CCOCC4)nc3n2-c2cccc(C(F)(F)F)c2C)c1. The van der Waals surface area contributed by atoms with E-state index in [1.807, 2.05) is 36.1 Å². The Balaban J connectivity index is 1.83. The van der Waals surface area contributed by atoms with Gasteiger partial charge >= 0.3 is 6.18 Å². The van der Waals surface area contributed by atoms with Crippen LogP contribution in [0.2, 0.25) is 0 Å². The van der Waals surface area contributed by atoms with E-state index < -0.39 is 17.3 Å². The van der Waals surface area contributed by atoms with E-state index in [1.54, 1.807) is 10.6 Å². The summed E-state index contributed by atoms with van der Waals surface area (Å²) in [6.07, 6.45) is -3.75. The van der Waals surface area contributed by atoms with Gasteiger partial charge in [-0.2, -0.15) is 18.2 Å². The first-order valence-corrected chi connectivity index (χ1v) is 12.1. The Kier molecular flexibility index (Phi) is 6.10. The number of halogens is 3. The molecule has 0 spiro atoms. The van der Waals surface area contributed by atoms with Crippen LogP contribution in [0.25, 0.3) is 27.4 Å². The van der Waals surface area contributed by atoms with E-state index in [0.29, 0.717) is 47.3 Å². The zero-order valence-electron chi connectivity index (χ0n) is 19.2. The molecule has 2 aromatic heterocycles. The zero-order chi connectivity index (χ0) is 24.7. The van der Waals surface area contributed by atoms with Gasteiger partial charge < -0.3 is 9.64 Å². The lowest BCUT2D eigenvalue weighted by atomic mass is 10.0. The number of morpholine rings is 1. The predicted octanol–water partition coefficient (Wildman–Crippen LogP) is 5.24. The Morgan fingerprint density at radius 3 is 2.54 bits per heavy atom. The van der Waals surface area contributed by atoms with Crippen LogP contribution in [0.1, 0.15) is 23.6 Å². The average molecular weight is 501 g/mol. The molecule has 0 saturated carbocycles. The fraction of sp³-hybridized carbons (Fsp3) is 0.320. The summed E-state index contributed by atoms with van der Waals surface area (Å²) in [5.41, 5.74) is 1.11. The molecule has 10 heteroatoms. The van der Waals surface area contributed by atoms with E-state index in [1.165, 1.54) is 24.3 Å². The maximum Gasteiger partial charge on any atom is 0.416 e. The first-order valence-electron chi connectivity index (χ1n) is 11.3. The Hall–Kier alpha value is -3.24. The summed E-state index contributed by atoms with van der Waals surface area (Å²) in [5, 5.41) is 0.625. The minimum absolute atomic E-state index is 0.0422. The lowest BCUT2D eigenvalue weighted by molar-refractivity contribution is -0.138. The fourth-order valence-corrected chi connectivity index (χ4v) is 5.29. The summed E-state index contributed by atoms with van der Waals surface area (Å²) in [6.45, 7) is 5.77. The van der Waals surface area contributed by atoms with Crippen LogP contribution >= 0.6 is 11.3 Å². The third-order valence-electron chi connectivity index (χ3n) is 6.15. The van der Waals surface area contributed by atoms with E-state index in [4.69, 9.17) is 9.72 Å². The highest BCUT2D eigenvalue weighted by atomic mass is 32.1. The number of fused-ring (bicyclic) bond motifs is 1. The Morgan fingerprint density at radius 2 is 1.83 bits per heavy atom. The van der Waals surface area contributed by atoms with E-state index in [9.17, 15) is 18.0 Å². The standard InChI is InChI=1S/C25H23F3N4O2S/c1-3-16-6-4-7-17(14-16)21-29-23(33)20-22(30-24(35-20)31-10-12-34-13-11-31)32(21)19-9-5-8-18(15(19)2)25(26,27)28/h4-9,14H,3,10-13H2,1-2H3. The van der Waals surface area contributed by atoms with Gasteiger partial charge in [-0.15, -0.1) is 0 Å². The molecule has 0 radical (unpaired) electrons. The summed E-state index contributed by atoms with van der Waals surface area (Å²) in [5.74, 6) is 0.263. The largest absolute Gasteiger partial charge is 0.416 e. The van der Waals surface area contributed by atoms with E-state index in [-0.39, 0.29) is 17.1 Å². The van der Waals surface area contributed by atoms with Gasteiger partial charge in [-0.1, -0.05) is 42.5 Å². The van der Waals surface area contributed by atoms with Gasteiger partial charge in [0.1, 0.15) is 10.5 Å². The van der Waals surface area contributed by atoms with E-state index in [0.717, 1.165) is 18.1 Å². The highest BCUT2D eigenvalue weighted by molar-refractivity contribution is 7.22. The molecular formula is C25H23F3N4O2S. The van der Waals surface area contributed by atoms with Crippen LogP contribution in [-0.2, 0) is 17.3 Å². The summed E-state index contributed by atoms with van der Waals surface area (Å²) in [6, 6.07) is 11.6. The van der Waals surface area contributed by atoms with Crippen molar-refractivity contribution in [2.75, 3.05) is 31.2 Å². The number of nitrogens with zero attached hydrogens (tertiary/aromatic N) is 4. The van der Waals surface area contributed by atoms with Gasteiger partial charge in [0, 0.05) is 18.7 Å². The molecule has 3 heterocycles. The van der Waals surface area contributed by atoms with Gasteiger partial charge in [-0.05, 0) is 42.7 Å². The summed E-state index contributed by atoms with van der Waals surface area (Å²) >= 11 is 1.21. The summed E-state index contributed by atoms with van der Waals surface area (Å²) < 4.78 is 48.7. The molecule has 0 unspecified atom stereocenters. The Labute approximate surface area is 203 Å². The number of alkyl halides is 3. The molecule has 182 valence electrons. The van der Waals surface area contributed by atoms with Crippen LogP contribution in [0.3, 0.4) is 0 Å². The number of anilines is 1. The third-order valence-corrected chi connectivity index (χ3v) is 7.24. The molecule has 6 nitrogen and oxygen atoms in total. The van der Waals surface area contributed by atoms with Crippen molar-refractivity contribution in [2.24, 2.45) is 0 Å². The minimum atomic E-state index is -4.52. The minimum Gasteiger partial charge on any atom is -0.378 e. The van der Waals surface area contributed by atoms with Gasteiger partial charge in [0.15, 0.2) is 10.8 Å². The molecular weight excluding hydrogens is 477 g/mol. The van der Waals surface area contributed by atoms with E-state index >= 15 is 0 Å². The first kappa shape index (κ1) is 23.5. The molecule has 2 aromatic carbocycles. The number of aromatic nitrogens is 3. The Morgan fingerprint density at radius 1 is 1.09 bits per heavy atom. The lowest BCUT2D eigenvalue weighted by Gasteiger charge is -2.25. The van der Waals surface area contributed by atoms with Crippen molar-refractivity contribution in [3.63, 3.8) is 0 Å². The molecule has 4 aromatic rings.